The van der Waals surface area contributed by atoms with Crippen LogP contribution in [0.15, 0.2) is 53.4 Å². The van der Waals surface area contributed by atoms with Crippen molar-refractivity contribution in [2.45, 2.75) is 17.9 Å². The molecule has 1 unspecified atom stereocenters. The summed E-state index contributed by atoms with van der Waals surface area (Å²) < 4.78 is 44.1. The molecule has 0 saturated carbocycles. The first-order valence-electron chi connectivity index (χ1n) is 7.90. The molecule has 1 atom stereocenters. The van der Waals surface area contributed by atoms with Gasteiger partial charge in [-0.1, -0.05) is 30.3 Å². The molecule has 0 heterocycles. The highest BCUT2D eigenvalue weighted by Gasteiger charge is 2.22. The quantitative estimate of drug-likeness (QED) is 0.740. The molecule has 0 radical (unpaired) electrons. The smallest absolute Gasteiger partial charge is 0.244 e. The van der Waals surface area contributed by atoms with Gasteiger partial charge in [0.05, 0.1) is 19.8 Å². The number of nitrogens with one attached hydrogen (secondary N) is 1. The van der Waals surface area contributed by atoms with E-state index in [0.717, 1.165) is 5.56 Å². The zero-order chi connectivity index (χ0) is 18.3. The van der Waals surface area contributed by atoms with Crippen LogP contribution in [0.2, 0.25) is 0 Å². The van der Waals surface area contributed by atoms with Gasteiger partial charge in [-0.05, 0) is 25.1 Å². The Morgan fingerprint density at radius 1 is 1.00 bits per heavy atom. The number of ether oxygens (including phenoxy) is 3. The summed E-state index contributed by atoms with van der Waals surface area (Å²) in [4.78, 5) is 0.103. The molecule has 2 rings (SSSR count). The second kappa shape index (κ2) is 8.84. The van der Waals surface area contributed by atoms with Crippen molar-refractivity contribution in [1.82, 2.24) is 4.72 Å². The lowest BCUT2D eigenvalue weighted by Gasteiger charge is -2.19. The van der Waals surface area contributed by atoms with Crippen LogP contribution in [0, 0.1) is 0 Å². The number of benzene rings is 2. The Kier molecular flexibility index (Phi) is 6.81. The monoisotopic (exact) mass is 365 g/mol. The molecule has 0 fully saturated rings. The molecule has 136 valence electrons. The minimum absolute atomic E-state index is 0.0691. The summed E-state index contributed by atoms with van der Waals surface area (Å²) in [5, 5.41) is 0. The molecule has 0 aliphatic heterocycles. The van der Waals surface area contributed by atoms with Crippen molar-refractivity contribution < 1.29 is 22.6 Å². The number of hydrogen-bond donors (Lipinski definition) is 1. The fourth-order valence-electron chi connectivity index (χ4n) is 2.46. The van der Waals surface area contributed by atoms with Gasteiger partial charge < -0.3 is 14.2 Å². The van der Waals surface area contributed by atoms with Crippen molar-refractivity contribution in [3.05, 3.63) is 54.1 Å². The van der Waals surface area contributed by atoms with E-state index in [9.17, 15) is 8.42 Å². The second-order valence-corrected chi connectivity index (χ2v) is 6.93. The van der Waals surface area contributed by atoms with Gasteiger partial charge in [0.25, 0.3) is 0 Å². The average molecular weight is 365 g/mol. The van der Waals surface area contributed by atoms with E-state index in [1.807, 2.05) is 18.2 Å². The van der Waals surface area contributed by atoms with Crippen molar-refractivity contribution in [3.8, 4) is 11.5 Å². The van der Waals surface area contributed by atoms with E-state index >= 15 is 0 Å². The van der Waals surface area contributed by atoms with Crippen LogP contribution in [-0.4, -0.2) is 35.8 Å². The largest absolute Gasteiger partial charge is 0.496 e. The van der Waals surface area contributed by atoms with Crippen molar-refractivity contribution in [1.29, 1.82) is 0 Å². The predicted molar refractivity (Wildman–Crippen MR) is 95.5 cm³/mol. The highest BCUT2D eigenvalue weighted by Crippen LogP contribution is 2.28. The lowest BCUT2D eigenvalue weighted by molar-refractivity contribution is 0.105. The fraction of sp³-hybridized carbons (Fsp3) is 0.333. The summed E-state index contributed by atoms with van der Waals surface area (Å²) in [6, 6.07) is 13.9. The van der Waals surface area contributed by atoms with Crippen molar-refractivity contribution in [2.24, 2.45) is 0 Å². The first kappa shape index (κ1) is 19.2. The molecule has 6 nitrogen and oxygen atoms in total. The lowest BCUT2D eigenvalue weighted by atomic mass is 10.1. The summed E-state index contributed by atoms with van der Waals surface area (Å²) in [5.74, 6) is 0.965. The van der Waals surface area contributed by atoms with E-state index in [1.165, 1.54) is 13.2 Å². The molecule has 0 saturated heterocycles. The molecular formula is C18H23NO5S. The minimum atomic E-state index is -3.74. The van der Waals surface area contributed by atoms with E-state index in [-0.39, 0.29) is 11.4 Å². The van der Waals surface area contributed by atoms with Gasteiger partial charge >= 0.3 is 0 Å². The molecule has 0 bridgehead atoms. The van der Waals surface area contributed by atoms with Gasteiger partial charge in [-0.25, -0.2) is 13.1 Å². The van der Waals surface area contributed by atoms with Gasteiger partial charge in [-0.3, -0.25) is 0 Å². The molecule has 0 spiro atoms. The summed E-state index contributed by atoms with van der Waals surface area (Å²) in [6.45, 7) is 2.26. The summed E-state index contributed by atoms with van der Waals surface area (Å²) >= 11 is 0. The van der Waals surface area contributed by atoms with E-state index in [4.69, 9.17) is 14.2 Å². The third-order valence-electron chi connectivity index (χ3n) is 3.67. The first-order valence-corrected chi connectivity index (χ1v) is 9.39. The summed E-state index contributed by atoms with van der Waals surface area (Å²) in [5.41, 5.74) is 0.772. The molecule has 25 heavy (non-hydrogen) atoms. The van der Waals surface area contributed by atoms with Crippen LogP contribution in [-0.2, 0) is 14.8 Å². The molecular weight excluding hydrogens is 342 g/mol. The third-order valence-corrected chi connectivity index (χ3v) is 5.13. The maximum atomic E-state index is 12.7. The van der Waals surface area contributed by atoms with E-state index in [0.29, 0.717) is 18.1 Å². The summed E-state index contributed by atoms with van der Waals surface area (Å²) in [7, 11) is -0.651. The number of para-hydroxylation sites is 2. The topological polar surface area (TPSA) is 73.9 Å². The average Bonchev–Trinajstić information content (AvgIpc) is 2.63. The number of sulfonamides is 1. The van der Waals surface area contributed by atoms with Crippen molar-refractivity contribution in [3.63, 3.8) is 0 Å². The highest BCUT2D eigenvalue weighted by molar-refractivity contribution is 7.89. The number of methoxy groups -OCH3 is 2. The maximum Gasteiger partial charge on any atom is 0.244 e. The highest BCUT2D eigenvalue weighted by atomic mass is 32.2. The Hall–Kier alpha value is -2.09. The second-order valence-electron chi connectivity index (χ2n) is 5.20. The predicted octanol–water partition coefficient (Wildman–Crippen LogP) is 2.76. The normalized spacial score (nSPS) is 12.6. The molecule has 0 amide bonds. The SMILES string of the molecule is CCOc1ccccc1S(=O)(=O)NCC(OC)c1ccccc1OC. The first-order chi connectivity index (χ1) is 12.0. The fourth-order valence-corrected chi connectivity index (χ4v) is 3.64. The Balaban J connectivity index is 2.21. The van der Waals surface area contributed by atoms with Crippen LogP contribution in [0.25, 0.3) is 0 Å². The van der Waals surface area contributed by atoms with Crippen molar-refractivity contribution in [2.75, 3.05) is 27.4 Å². The van der Waals surface area contributed by atoms with Gasteiger partial charge in [0.2, 0.25) is 10.0 Å². The zero-order valence-corrected chi connectivity index (χ0v) is 15.4. The molecule has 0 aromatic heterocycles. The van der Waals surface area contributed by atoms with Crippen LogP contribution < -0.4 is 14.2 Å². The minimum Gasteiger partial charge on any atom is -0.496 e. The Morgan fingerprint density at radius 3 is 2.28 bits per heavy atom. The third kappa shape index (κ3) is 4.72. The van der Waals surface area contributed by atoms with Crippen LogP contribution in [0.1, 0.15) is 18.6 Å². The van der Waals surface area contributed by atoms with Gasteiger partial charge in [-0.15, -0.1) is 0 Å². The Morgan fingerprint density at radius 2 is 1.64 bits per heavy atom. The van der Waals surface area contributed by atoms with Gasteiger partial charge in [0.1, 0.15) is 16.4 Å². The molecule has 0 aliphatic rings. The number of hydrogen-bond acceptors (Lipinski definition) is 5. The molecule has 1 N–H and O–H groups in total. The number of rotatable bonds is 9. The Labute approximate surface area is 148 Å². The summed E-state index contributed by atoms with van der Waals surface area (Å²) in [6.07, 6.45) is -0.481. The van der Waals surface area contributed by atoms with E-state index in [1.54, 1.807) is 38.3 Å². The standard InChI is InChI=1S/C18H23NO5S/c1-4-24-16-11-7-8-12-18(16)25(20,21)19-13-17(23-3)14-9-5-6-10-15(14)22-2/h5-12,17,19H,4,13H2,1-3H3. The van der Waals surface area contributed by atoms with Gasteiger partial charge in [0, 0.05) is 19.2 Å². The van der Waals surface area contributed by atoms with E-state index < -0.39 is 16.1 Å². The van der Waals surface area contributed by atoms with Crippen LogP contribution in [0.3, 0.4) is 0 Å². The molecule has 7 heteroatoms. The molecule has 0 aliphatic carbocycles. The van der Waals surface area contributed by atoms with Crippen LogP contribution >= 0.6 is 0 Å². The van der Waals surface area contributed by atoms with Crippen LogP contribution in [0.4, 0.5) is 0 Å². The lowest BCUT2D eigenvalue weighted by Crippen LogP contribution is -2.29. The Bertz CT molecular complexity index is 792. The molecule has 2 aromatic rings. The van der Waals surface area contributed by atoms with Gasteiger partial charge in [-0.2, -0.15) is 0 Å². The molecule has 2 aromatic carbocycles. The van der Waals surface area contributed by atoms with Gasteiger partial charge in [0.15, 0.2) is 0 Å². The van der Waals surface area contributed by atoms with Crippen LogP contribution in [0.5, 0.6) is 11.5 Å². The zero-order valence-electron chi connectivity index (χ0n) is 14.6. The maximum absolute atomic E-state index is 12.7. The van der Waals surface area contributed by atoms with E-state index in [2.05, 4.69) is 4.72 Å². The van der Waals surface area contributed by atoms with Crippen molar-refractivity contribution >= 4 is 10.0 Å².